The summed E-state index contributed by atoms with van der Waals surface area (Å²) in [6.07, 6.45) is 8.23. The van der Waals surface area contributed by atoms with E-state index >= 15 is 0 Å². The van der Waals surface area contributed by atoms with E-state index in [4.69, 9.17) is 10.5 Å². The molecule has 3 nitrogen and oxygen atoms in total. The summed E-state index contributed by atoms with van der Waals surface area (Å²) in [4.78, 5) is 4.23. The van der Waals surface area contributed by atoms with Gasteiger partial charge in [0.1, 0.15) is 0 Å². The van der Waals surface area contributed by atoms with Crippen molar-refractivity contribution in [1.82, 2.24) is 4.98 Å². The minimum Gasteiger partial charge on any atom is -0.475 e. The Morgan fingerprint density at radius 1 is 1.29 bits per heavy atom. The molecule has 1 atom stereocenters. The van der Waals surface area contributed by atoms with Crippen LogP contribution in [0.3, 0.4) is 0 Å². The Hall–Kier alpha value is -1.09. The third-order valence-electron chi connectivity index (χ3n) is 2.82. The number of nitrogens with zero attached hydrogens (tertiary/aromatic N) is 1. The second kappa shape index (κ2) is 8.07. The van der Waals surface area contributed by atoms with Crippen LogP contribution in [0.5, 0.6) is 5.88 Å². The van der Waals surface area contributed by atoms with Crippen molar-refractivity contribution in [2.75, 3.05) is 0 Å². The van der Waals surface area contributed by atoms with E-state index in [9.17, 15) is 0 Å². The minimum atomic E-state index is 0.239. The van der Waals surface area contributed by atoms with Crippen molar-refractivity contribution in [2.24, 2.45) is 5.73 Å². The molecule has 3 heteroatoms. The fourth-order valence-electron chi connectivity index (χ4n) is 1.73. The van der Waals surface area contributed by atoms with E-state index in [0.29, 0.717) is 12.4 Å². The number of nitrogens with two attached hydrogens (primary N) is 1. The lowest BCUT2D eigenvalue weighted by molar-refractivity contribution is 0.198. The van der Waals surface area contributed by atoms with Gasteiger partial charge in [-0.25, -0.2) is 4.98 Å². The molecular formula is C14H24N2O. The van der Waals surface area contributed by atoms with Gasteiger partial charge in [0.15, 0.2) is 0 Å². The molecule has 0 saturated heterocycles. The largest absolute Gasteiger partial charge is 0.475 e. The average molecular weight is 236 g/mol. The van der Waals surface area contributed by atoms with Crippen LogP contribution >= 0.6 is 0 Å². The van der Waals surface area contributed by atoms with Crippen molar-refractivity contribution in [3.8, 4) is 5.88 Å². The van der Waals surface area contributed by atoms with Crippen LogP contribution in [-0.4, -0.2) is 11.1 Å². The Morgan fingerprint density at radius 2 is 2.12 bits per heavy atom. The highest BCUT2D eigenvalue weighted by Gasteiger charge is 2.04. The molecule has 0 radical (unpaired) electrons. The van der Waals surface area contributed by atoms with E-state index in [2.05, 4.69) is 18.8 Å². The van der Waals surface area contributed by atoms with Crippen molar-refractivity contribution in [2.45, 2.75) is 58.6 Å². The number of ether oxygens (including phenoxy) is 1. The summed E-state index contributed by atoms with van der Waals surface area (Å²) in [6, 6.07) is 3.86. The number of hydrogen-bond acceptors (Lipinski definition) is 3. The summed E-state index contributed by atoms with van der Waals surface area (Å²) >= 11 is 0. The SMILES string of the molecule is CCCCCCC(C)Oc1ccc(CN)cn1. The molecule has 0 bridgehead atoms. The van der Waals surface area contributed by atoms with Gasteiger partial charge in [-0.1, -0.05) is 32.3 Å². The first-order chi connectivity index (χ1) is 8.26. The molecule has 2 N–H and O–H groups in total. The minimum absolute atomic E-state index is 0.239. The molecule has 1 aromatic rings. The maximum atomic E-state index is 5.74. The zero-order valence-electron chi connectivity index (χ0n) is 11.0. The second-order valence-electron chi connectivity index (χ2n) is 4.49. The Kier molecular flexibility index (Phi) is 6.63. The van der Waals surface area contributed by atoms with E-state index in [-0.39, 0.29) is 6.10 Å². The fourth-order valence-corrected chi connectivity index (χ4v) is 1.73. The molecule has 17 heavy (non-hydrogen) atoms. The highest BCUT2D eigenvalue weighted by molar-refractivity contribution is 5.17. The first-order valence-electron chi connectivity index (χ1n) is 6.58. The van der Waals surface area contributed by atoms with E-state index in [1.54, 1.807) is 6.20 Å². The van der Waals surface area contributed by atoms with E-state index in [1.807, 2.05) is 12.1 Å². The number of unbranched alkanes of at least 4 members (excludes halogenated alkanes) is 3. The van der Waals surface area contributed by atoms with Crippen LogP contribution in [-0.2, 0) is 6.54 Å². The van der Waals surface area contributed by atoms with Gasteiger partial charge in [-0.05, 0) is 25.3 Å². The number of hydrogen-bond donors (Lipinski definition) is 1. The molecule has 1 unspecified atom stereocenters. The van der Waals surface area contributed by atoms with Gasteiger partial charge in [0.05, 0.1) is 6.10 Å². The van der Waals surface area contributed by atoms with Gasteiger partial charge in [-0.2, -0.15) is 0 Å². The molecule has 96 valence electrons. The zero-order valence-corrected chi connectivity index (χ0v) is 11.0. The van der Waals surface area contributed by atoms with Crippen molar-refractivity contribution >= 4 is 0 Å². The van der Waals surface area contributed by atoms with Crippen LogP contribution in [0.4, 0.5) is 0 Å². The van der Waals surface area contributed by atoms with E-state index in [0.717, 1.165) is 12.0 Å². The molecule has 0 spiro atoms. The standard InChI is InChI=1S/C14H24N2O/c1-3-4-5-6-7-12(2)17-14-9-8-13(10-15)11-16-14/h8-9,11-12H,3-7,10,15H2,1-2H3. The Bertz CT molecular complexity index is 298. The van der Waals surface area contributed by atoms with Gasteiger partial charge >= 0.3 is 0 Å². The normalized spacial score (nSPS) is 12.4. The number of rotatable bonds is 8. The zero-order chi connectivity index (χ0) is 12.5. The number of pyridine rings is 1. The van der Waals surface area contributed by atoms with Crippen LogP contribution in [0.25, 0.3) is 0 Å². The molecule has 0 saturated carbocycles. The average Bonchev–Trinajstić information content (AvgIpc) is 2.36. The molecule has 0 aliphatic rings. The van der Waals surface area contributed by atoms with Crippen LogP contribution in [0.15, 0.2) is 18.3 Å². The predicted octanol–water partition coefficient (Wildman–Crippen LogP) is 3.28. The molecule has 0 fully saturated rings. The summed E-state index contributed by atoms with van der Waals surface area (Å²) in [7, 11) is 0. The van der Waals surface area contributed by atoms with Crippen LogP contribution in [0.2, 0.25) is 0 Å². The second-order valence-corrected chi connectivity index (χ2v) is 4.49. The molecule has 0 aliphatic carbocycles. The fraction of sp³-hybridized carbons (Fsp3) is 0.643. The summed E-state index contributed by atoms with van der Waals surface area (Å²) in [5.41, 5.74) is 6.55. The molecule has 0 amide bonds. The summed E-state index contributed by atoms with van der Waals surface area (Å²) < 4.78 is 5.74. The van der Waals surface area contributed by atoms with Gasteiger partial charge in [0, 0.05) is 18.8 Å². The summed E-state index contributed by atoms with van der Waals surface area (Å²) in [5, 5.41) is 0. The maximum absolute atomic E-state index is 5.74. The quantitative estimate of drug-likeness (QED) is 0.705. The van der Waals surface area contributed by atoms with Crippen molar-refractivity contribution in [1.29, 1.82) is 0 Å². The van der Waals surface area contributed by atoms with Crippen molar-refractivity contribution in [3.63, 3.8) is 0 Å². The Balaban J connectivity index is 2.26. The van der Waals surface area contributed by atoms with Crippen molar-refractivity contribution in [3.05, 3.63) is 23.9 Å². The third-order valence-corrected chi connectivity index (χ3v) is 2.82. The lowest BCUT2D eigenvalue weighted by Crippen LogP contribution is -2.12. The van der Waals surface area contributed by atoms with E-state index < -0.39 is 0 Å². The van der Waals surface area contributed by atoms with Crippen LogP contribution in [0, 0.1) is 0 Å². The van der Waals surface area contributed by atoms with E-state index in [1.165, 1.54) is 25.7 Å². The monoisotopic (exact) mass is 236 g/mol. The van der Waals surface area contributed by atoms with Gasteiger partial charge in [0.2, 0.25) is 5.88 Å². The first-order valence-corrected chi connectivity index (χ1v) is 6.58. The maximum Gasteiger partial charge on any atom is 0.213 e. The lowest BCUT2D eigenvalue weighted by Gasteiger charge is -2.13. The highest BCUT2D eigenvalue weighted by Crippen LogP contribution is 2.13. The highest BCUT2D eigenvalue weighted by atomic mass is 16.5. The van der Waals surface area contributed by atoms with Crippen molar-refractivity contribution < 1.29 is 4.74 Å². The molecule has 1 heterocycles. The first kappa shape index (κ1) is 14.0. The summed E-state index contributed by atoms with van der Waals surface area (Å²) in [6.45, 7) is 4.85. The molecule has 1 aromatic heterocycles. The van der Waals surface area contributed by atoms with Crippen LogP contribution in [0.1, 0.15) is 51.5 Å². The van der Waals surface area contributed by atoms with Crippen LogP contribution < -0.4 is 10.5 Å². The molecule has 1 rings (SSSR count). The van der Waals surface area contributed by atoms with Gasteiger partial charge < -0.3 is 10.5 Å². The molecular weight excluding hydrogens is 212 g/mol. The van der Waals surface area contributed by atoms with Gasteiger partial charge in [-0.3, -0.25) is 0 Å². The third kappa shape index (κ3) is 5.68. The smallest absolute Gasteiger partial charge is 0.213 e. The van der Waals surface area contributed by atoms with Gasteiger partial charge in [0.25, 0.3) is 0 Å². The number of aromatic nitrogens is 1. The predicted molar refractivity (Wildman–Crippen MR) is 71.0 cm³/mol. The Morgan fingerprint density at radius 3 is 2.71 bits per heavy atom. The molecule has 0 aromatic carbocycles. The topological polar surface area (TPSA) is 48.1 Å². The Labute approximate surface area is 104 Å². The van der Waals surface area contributed by atoms with Gasteiger partial charge in [-0.15, -0.1) is 0 Å². The lowest BCUT2D eigenvalue weighted by atomic mass is 10.1. The summed E-state index contributed by atoms with van der Waals surface area (Å²) in [5.74, 6) is 0.699. The molecule has 0 aliphatic heterocycles.